The monoisotopic (exact) mass is 320 g/mol. The third-order valence-corrected chi connectivity index (χ3v) is 4.24. The van der Waals surface area contributed by atoms with Crippen LogP contribution in [0.2, 0.25) is 0 Å². The van der Waals surface area contributed by atoms with E-state index < -0.39 is 0 Å². The summed E-state index contributed by atoms with van der Waals surface area (Å²) in [6.45, 7) is 3.49. The Hall–Kier alpha value is -2.80. The van der Waals surface area contributed by atoms with Crippen LogP contribution in [-0.2, 0) is 4.79 Å². The van der Waals surface area contributed by atoms with E-state index in [4.69, 9.17) is 4.42 Å². The summed E-state index contributed by atoms with van der Waals surface area (Å²) in [5, 5.41) is 9.34. The van der Waals surface area contributed by atoms with Gasteiger partial charge in [-0.2, -0.15) is 5.26 Å². The third kappa shape index (κ3) is 3.57. The van der Waals surface area contributed by atoms with E-state index >= 15 is 0 Å². The summed E-state index contributed by atoms with van der Waals surface area (Å²) in [7, 11) is 0. The largest absolute Gasteiger partial charge is 0.457 e. The van der Waals surface area contributed by atoms with Crippen LogP contribution in [0.4, 0.5) is 0 Å². The molecule has 1 aromatic carbocycles. The molecule has 1 fully saturated rings. The second-order valence-electron chi connectivity index (χ2n) is 6.09. The number of benzene rings is 1. The van der Waals surface area contributed by atoms with Crippen LogP contribution >= 0.6 is 0 Å². The first-order valence-corrected chi connectivity index (χ1v) is 8.25. The van der Waals surface area contributed by atoms with Crippen molar-refractivity contribution in [2.45, 2.75) is 26.2 Å². The Labute approximate surface area is 142 Å². The van der Waals surface area contributed by atoms with E-state index in [0.717, 1.165) is 43.7 Å². The quantitative estimate of drug-likeness (QED) is 0.630. The fourth-order valence-corrected chi connectivity index (χ4v) is 2.85. The third-order valence-electron chi connectivity index (χ3n) is 4.24. The normalized spacial score (nSPS) is 15.2. The molecule has 1 aromatic heterocycles. The summed E-state index contributed by atoms with van der Waals surface area (Å²) < 4.78 is 5.78. The van der Waals surface area contributed by atoms with Gasteiger partial charge < -0.3 is 9.32 Å². The van der Waals surface area contributed by atoms with Crippen molar-refractivity contribution in [3.63, 3.8) is 0 Å². The Kier molecular flexibility index (Phi) is 4.81. The van der Waals surface area contributed by atoms with Crippen molar-refractivity contribution in [1.29, 1.82) is 5.26 Å². The number of piperidine rings is 1. The van der Waals surface area contributed by atoms with Gasteiger partial charge in [0.15, 0.2) is 0 Å². The Morgan fingerprint density at radius 1 is 1.12 bits per heavy atom. The molecule has 2 heterocycles. The maximum absolute atomic E-state index is 12.4. The first-order chi connectivity index (χ1) is 11.7. The Morgan fingerprint density at radius 3 is 2.50 bits per heavy atom. The number of furan rings is 1. The lowest BCUT2D eigenvalue weighted by molar-refractivity contribution is -0.127. The number of aryl methyl sites for hydroxylation is 1. The molecular weight excluding hydrogens is 300 g/mol. The number of nitriles is 1. The van der Waals surface area contributed by atoms with Crippen LogP contribution in [0.25, 0.3) is 17.4 Å². The summed E-state index contributed by atoms with van der Waals surface area (Å²) in [6.07, 6.45) is 4.69. The van der Waals surface area contributed by atoms with Crippen molar-refractivity contribution >= 4 is 12.0 Å². The molecule has 2 aromatic rings. The Balaban J connectivity index is 1.80. The predicted octanol–water partition coefficient (Wildman–Crippen LogP) is 4.17. The van der Waals surface area contributed by atoms with E-state index in [9.17, 15) is 10.1 Å². The van der Waals surface area contributed by atoms with E-state index in [1.165, 1.54) is 11.6 Å². The van der Waals surface area contributed by atoms with Gasteiger partial charge in [0.1, 0.15) is 23.2 Å². The summed E-state index contributed by atoms with van der Waals surface area (Å²) >= 11 is 0. The molecule has 122 valence electrons. The van der Waals surface area contributed by atoms with Gasteiger partial charge in [-0.05, 0) is 38.3 Å². The van der Waals surface area contributed by atoms with Crippen LogP contribution < -0.4 is 0 Å². The zero-order valence-corrected chi connectivity index (χ0v) is 13.8. The summed E-state index contributed by atoms with van der Waals surface area (Å²) in [4.78, 5) is 14.2. The van der Waals surface area contributed by atoms with Gasteiger partial charge >= 0.3 is 0 Å². The van der Waals surface area contributed by atoms with Crippen LogP contribution in [-0.4, -0.2) is 23.9 Å². The zero-order chi connectivity index (χ0) is 16.9. The van der Waals surface area contributed by atoms with Crippen LogP contribution in [0.5, 0.6) is 0 Å². The highest BCUT2D eigenvalue weighted by molar-refractivity contribution is 6.01. The molecule has 0 bridgehead atoms. The molecule has 3 rings (SSSR count). The molecule has 0 N–H and O–H groups in total. The highest BCUT2D eigenvalue weighted by atomic mass is 16.3. The van der Waals surface area contributed by atoms with Crippen LogP contribution in [0.3, 0.4) is 0 Å². The molecule has 0 aliphatic carbocycles. The number of hydrogen-bond donors (Lipinski definition) is 0. The summed E-state index contributed by atoms with van der Waals surface area (Å²) in [5.74, 6) is 1.04. The molecule has 4 nitrogen and oxygen atoms in total. The fourth-order valence-electron chi connectivity index (χ4n) is 2.85. The van der Waals surface area contributed by atoms with E-state index in [-0.39, 0.29) is 11.5 Å². The van der Waals surface area contributed by atoms with Gasteiger partial charge in [-0.15, -0.1) is 0 Å². The molecule has 4 heteroatoms. The van der Waals surface area contributed by atoms with E-state index in [0.29, 0.717) is 5.76 Å². The first kappa shape index (κ1) is 16.1. The van der Waals surface area contributed by atoms with Gasteiger partial charge in [0.05, 0.1) is 0 Å². The van der Waals surface area contributed by atoms with Crippen molar-refractivity contribution in [3.05, 3.63) is 53.3 Å². The lowest BCUT2D eigenvalue weighted by Crippen LogP contribution is -2.36. The number of carbonyl (C=O) groups is 1. The van der Waals surface area contributed by atoms with Crippen molar-refractivity contribution < 1.29 is 9.21 Å². The van der Waals surface area contributed by atoms with Crippen molar-refractivity contribution in [2.75, 3.05) is 13.1 Å². The molecule has 1 aliphatic heterocycles. The highest BCUT2D eigenvalue weighted by Crippen LogP contribution is 2.24. The van der Waals surface area contributed by atoms with Gasteiger partial charge in [-0.1, -0.05) is 29.8 Å². The molecule has 1 saturated heterocycles. The van der Waals surface area contributed by atoms with E-state index in [1.54, 1.807) is 11.0 Å². The van der Waals surface area contributed by atoms with Crippen molar-refractivity contribution in [1.82, 2.24) is 4.90 Å². The molecule has 0 spiro atoms. The second-order valence-corrected chi connectivity index (χ2v) is 6.09. The average molecular weight is 320 g/mol. The van der Waals surface area contributed by atoms with Gasteiger partial charge in [0, 0.05) is 24.7 Å². The number of carbonyl (C=O) groups excluding carboxylic acids is 1. The molecular formula is C20H20N2O2. The Bertz CT molecular complexity index is 788. The first-order valence-electron chi connectivity index (χ1n) is 8.25. The molecule has 0 unspecified atom stereocenters. The lowest BCUT2D eigenvalue weighted by Gasteiger charge is -2.26. The number of likely N-dealkylation sites (tertiary alicyclic amines) is 1. The van der Waals surface area contributed by atoms with Crippen LogP contribution in [0.15, 0.2) is 46.4 Å². The van der Waals surface area contributed by atoms with Crippen molar-refractivity contribution in [3.8, 4) is 17.4 Å². The SMILES string of the molecule is Cc1ccc(-c2ccc(/C=C(\C#N)C(=O)N3CCCCC3)o2)cc1. The molecule has 1 aliphatic rings. The molecule has 1 amide bonds. The number of amides is 1. The lowest BCUT2D eigenvalue weighted by atomic mass is 10.1. The minimum atomic E-state index is -0.203. The van der Waals surface area contributed by atoms with Crippen LogP contribution in [0, 0.1) is 18.3 Å². The number of rotatable bonds is 3. The molecule has 0 saturated carbocycles. The smallest absolute Gasteiger partial charge is 0.264 e. The predicted molar refractivity (Wildman–Crippen MR) is 92.9 cm³/mol. The van der Waals surface area contributed by atoms with Gasteiger partial charge in [-0.3, -0.25) is 4.79 Å². The molecule has 24 heavy (non-hydrogen) atoms. The van der Waals surface area contributed by atoms with E-state index in [2.05, 4.69) is 0 Å². The molecule has 0 atom stereocenters. The summed E-state index contributed by atoms with van der Waals surface area (Å²) in [5.41, 5.74) is 2.28. The van der Waals surface area contributed by atoms with E-state index in [1.807, 2.05) is 43.3 Å². The standard InChI is InChI=1S/C20H20N2O2/c1-15-5-7-16(8-6-15)19-10-9-18(24-19)13-17(14-21)20(23)22-11-3-2-4-12-22/h5-10,13H,2-4,11-12H2,1H3/b17-13+. The molecule has 0 radical (unpaired) electrons. The topological polar surface area (TPSA) is 57.2 Å². The average Bonchev–Trinajstić information content (AvgIpc) is 3.09. The maximum atomic E-state index is 12.4. The second kappa shape index (κ2) is 7.18. The number of hydrogen-bond acceptors (Lipinski definition) is 3. The summed E-state index contributed by atoms with van der Waals surface area (Å²) in [6, 6.07) is 13.7. The Morgan fingerprint density at radius 2 is 1.83 bits per heavy atom. The van der Waals surface area contributed by atoms with Crippen molar-refractivity contribution in [2.24, 2.45) is 0 Å². The zero-order valence-electron chi connectivity index (χ0n) is 13.8. The minimum Gasteiger partial charge on any atom is -0.457 e. The van der Waals surface area contributed by atoms with Crippen LogP contribution in [0.1, 0.15) is 30.6 Å². The minimum absolute atomic E-state index is 0.127. The number of nitrogens with zero attached hydrogens (tertiary/aromatic N) is 2. The highest BCUT2D eigenvalue weighted by Gasteiger charge is 2.20. The van der Waals surface area contributed by atoms with Gasteiger partial charge in [-0.25, -0.2) is 0 Å². The maximum Gasteiger partial charge on any atom is 0.264 e. The van der Waals surface area contributed by atoms with Gasteiger partial charge in [0.25, 0.3) is 5.91 Å². The fraction of sp³-hybridized carbons (Fsp3) is 0.300. The van der Waals surface area contributed by atoms with Gasteiger partial charge in [0.2, 0.25) is 0 Å².